The Hall–Kier alpha value is -3.15. The predicted octanol–water partition coefficient (Wildman–Crippen LogP) is 5.35. The van der Waals surface area contributed by atoms with E-state index < -0.39 is 23.5 Å². The fraction of sp³-hybridized carbons (Fsp3) is 0.385. The van der Waals surface area contributed by atoms with Gasteiger partial charge in [-0.15, -0.1) is 0 Å². The molecule has 5 nitrogen and oxygen atoms in total. The van der Waals surface area contributed by atoms with Gasteiger partial charge in [-0.2, -0.15) is 0 Å². The van der Waals surface area contributed by atoms with Gasteiger partial charge < -0.3 is 14.7 Å². The molecule has 1 N–H and O–H groups in total. The van der Waals surface area contributed by atoms with Crippen LogP contribution >= 0.6 is 0 Å². The van der Waals surface area contributed by atoms with Gasteiger partial charge in [-0.3, -0.25) is 9.59 Å². The van der Waals surface area contributed by atoms with E-state index in [1.165, 1.54) is 18.1 Å². The van der Waals surface area contributed by atoms with E-state index in [4.69, 9.17) is 4.74 Å². The molecular weight excluding hydrogens is 409 g/mol. The molecule has 1 amide bonds. The van der Waals surface area contributed by atoms with Gasteiger partial charge in [-0.1, -0.05) is 58.4 Å². The highest BCUT2D eigenvalue weighted by Crippen LogP contribution is 2.42. The largest absolute Gasteiger partial charge is 0.507 e. The Morgan fingerprint density at radius 2 is 1.84 bits per heavy atom. The summed E-state index contributed by atoms with van der Waals surface area (Å²) in [5, 5.41) is 11.4. The number of ether oxygens (including phenoxy) is 1. The summed E-state index contributed by atoms with van der Waals surface area (Å²) in [4.78, 5) is 27.4. The number of ketones is 1. The fourth-order valence-electron chi connectivity index (χ4n) is 3.96. The number of carbonyl (C=O) groups excluding carboxylic acids is 2. The smallest absolute Gasteiger partial charge is 0.295 e. The zero-order valence-corrected chi connectivity index (χ0v) is 19.2. The number of amides is 1. The first-order valence-electron chi connectivity index (χ1n) is 10.8. The highest BCUT2D eigenvalue weighted by atomic mass is 19.1. The average molecular weight is 440 g/mol. The number of carbonyl (C=O) groups is 2. The van der Waals surface area contributed by atoms with Crippen LogP contribution in [0.5, 0.6) is 5.75 Å². The minimum atomic E-state index is -1.01. The molecule has 0 aromatic heterocycles. The van der Waals surface area contributed by atoms with Crippen LogP contribution in [0.1, 0.15) is 63.3 Å². The normalized spacial score (nSPS) is 18.3. The standard InChI is InChI=1S/C26H30FNO4/c1-6-7-14-28-22(17-10-8-9-11-19(17)27)21(24(30)25(28)31)23(29)18-15-16(26(2,3)4)12-13-20(18)32-5/h8-13,15,22,29H,6-7,14H2,1-5H3/b23-21+. The molecule has 0 spiro atoms. The molecule has 0 saturated carbocycles. The van der Waals surface area contributed by atoms with E-state index in [1.54, 1.807) is 30.3 Å². The van der Waals surface area contributed by atoms with Gasteiger partial charge in [0.1, 0.15) is 17.3 Å². The second-order valence-electron chi connectivity index (χ2n) is 9.03. The molecule has 1 aliphatic heterocycles. The molecule has 1 heterocycles. The van der Waals surface area contributed by atoms with Gasteiger partial charge in [0.15, 0.2) is 0 Å². The Kier molecular flexibility index (Phi) is 6.72. The van der Waals surface area contributed by atoms with Crippen LogP contribution in [0.15, 0.2) is 48.0 Å². The monoisotopic (exact) mass is 439 g/mol. The molecule has 1 saturated heterocycles. The molecule has 170 valence electrons. The summed E-state index contributed by atoms with van der Waals surface area (Å²) in [5.41, 5.74) is 1.05. The van der Waals surface area contributed by atoms with Gasteiger partial charge in [0.25, 0.3) is 11.7 Å². The van der Waals surface area contributed by atoms with Crippen LogP contribution in [-0.4, -0.2) is 35.4 Å². The molecule has 1 unspecified atom stereocenters. The van der Waals surface area contributed by atoms with Crippen molar-refractivity contribution in [3.8, 4) is 5.75 Å². The maximum Gasteiger partial charge on any atom is 0.295 e. The van der Waals surface area contributed by atoms with Gasteiger partial charge >= 0.3 is 0 Å². The van der Waals surface area contributed by atoms with Crippen LogP contribution in [-0.2, 0) is 15.0 Å². The molecule has 0 radical (unpaired) electrons. The lowest BCUT2D eigenvalue weighted by molar-refractivity contribution is -0.139. The zero-order chi connectivity index (χ0) is 23.6. The van der Waals surface area contributed by atoms with Gasteiger partial charge in [-0.25, -0.2) is 4.39 Å². The van der Waals surface area contributed by atoms with Crippen LogP contribution in [0.25, 0.3) is 5.76 Å². The summed E-state index contributed by atoms with van der Waals surface area (Å²) in [7, 11) is 1.47. The van der Waals surface area contributed by atoms with Gasteiger partial charge in [-0.05, 0) is 35.6 Å². The van der Waals surface area contributed by atoms with Crippen molar-refractivity contribution in [3.63, 3.8) is 0 Å². The number of nitrogens with zero attached hydrogens (tertiary/aromatic N) is 1. The number of Topliss-reactive ketones (excluding diaryl/α,β-unsaturated/α-hetero) is 1. The van der Waals surface area contributed by atoms with Crippen LogP contribution in [0, 0.1) is 5.82 Å². The van der Waals surface area contributed by atoms with E-state index in [9.17, 15) is 19.1 Å². The summed E-state index contributed by atoms with van der Waals surface area (Å²) in [6.07, 6.45) is 1.45. The van der Waals surface area contributed by atoms with Crippen LogP contribution in [0.3, 0.4) is 0 Å². The van der Waals surface area contributed by atoms with Crippen LogP contribution < -0.4 is 4.74 Å². The number of benzene rings is 2. The van der Waals surface area contributed by atoms with Gasteiger partial charge in [0.05, 0.1) is 24.3 Å². The first-order chi connectivity index (χ1) is 15.1. The molecule has 2 aromatic carbocycles. The van der Waals surface area contributed by atoms with Crippen molar-refractivity contribution in [2.24, 2.45) is 0 Å². The van der Waals surface area contributed by atoms with Crippen molar-refractivity contribution in [2.75, 3.05) is 13.7 Å². The number of aliphatic hydroxyl groups is 1. The highest BCUT2D eigenvalue weighted by Gasteiger charge is 2.46. The van der Waals surface area contributed by atoms with E-state index in [0.717, 1.165) is 12.0 Å². The van der Waals surface area contributed by atoms with Crippen molar-refractivity contribution in [3.05, 3.63) is 70.5 Å². The number of methoxy groups -OCH3 is 1. The number of aliphatic hydroxyl groups excluding tert-OH is 1. The Labute approximate surface area is 188 Å². The molecule has 1 fully saturated rings. The zero-order valence-electron chi connectivity index (χ0n) is 19.2. The number of hydrogen-bond donors (Lipinski definition) is 1. The SMILES string of the molecule is CCCCN1C(=O)C(=O)/C(=C(/O)c2cc(C(C)(C)C)ccc2OC)C1c1ccccc1F. The molecule has 6 heteroatoms. The summed E-state index contributed by atoms with van der Waals surface area (Å²) in [5.74, 6) is -2.10. The van der Waals surface area contributed by atoms with Crippen LogP contribution in [0.2, 0.25) is 0 Å². The third-order valence-corrected chi connectivity index (χ3v) is 5.81. The van der Waals surface area contributed by atoms with Gasteiger partial charge in [0.2, 0.25) is 0 Å². The highest BCUT2D eigenvalue weighted by molar-refractivity contribution is 6.46. The molecule has 3 rings (SSSR count). The van der Waals surface area contributed by atoms with Crippen molar-refractivity contribution in [1.82, 2.24) is 4.90 Å². The minimum Gasteiger partial charge on any atom is -0.507 e. The second-order valence-corrected chi connectivity index (χ2v) is 9.03. The first kappa shape index (κ1) is 23.5. The number of rotatable bonds is 6. The Morgan fingerprint density at radius 3 is 2.44 bits per heavy atom. The maximum atomic E-state index is 14.8. The summed E-state index contributed by atoms with van der Waals surface area (Å²) < 4.78 is 20.3. The number of unbranched alkanes of at least 4 members (excludes halogenated alkanes) is 1. The third-order valence-electron chi connectivity index (χ3n) is 5.81. The molecule has 1 atom stereocenters. The van der Waals surface area contributed by atoms with Gasteiger partial charge in [0, 0.05) is 12.1 Å². The van der Waals surface area contributed by atoms with Crippen molar-refractivity contribution < 1.29 is 23.8 Å². The molecular formula is C26H30FNO4. The predicted molar refractivity (Wildman–Crippen MR) is 122 cm³/mol. The minimum absolute atomic E-state index is 0.124. The molecule has 0 bridgehead atoms. The van der Waals surface area contributed by atoms with E-state index >= 15 is 0 Å². The number of halogens is 1. The quantitative estimate of drug-likeness (QED) is 0.374. The van der Waals surface area contributed by atoms with Crippen LogP contribution in [0.4, 0.5) is 4.39 Å². The summed E-state index contributed by atoms with van der Waals surface area (Å²) >= 11 is 0. The lowest BCUT2D eigenvalue weighted by Gasteiger charge is -2.26. The lowest BCUT2D eigenvalue weighted by atomic mass is 9.85. The maximum absolute atomic E-state index is 14.8. The summed E-state index contributed by atoms with van der Waals surface area (Å²) in [6, 6.07) is 10.4. The van der Waals surface area contributed by atoms with Crippen molar-refractivity contribution >= 4 is 17.4 Å². The topological polar surface area (TPSA) is 66.8 Å². The summed E-state index contributed by atoms with van der Waals surface area (Å²) in [6.45, 7) is 8.35. The molecule has 0 aliphatic carbocycles. The van der Waals surface area contributed by atoms with E-state index in [0.29, 0.717) is 17.7 Å². The Balaban J connectivity index is 2.28. The molecule has 32 heavy (non-hydrogen) atoms. The van der Waals surface area contributed by atoms with E-state index in [-0.39, 0.29) is 28.9 Å². The second kappa shape index (κ2) is 9.15. The molecule has 2 aromatic rings. The molecule has 1 aliphatic rings. The average Bonchev–Trinajstić information content (AvgIpc) is 3.01. The first-order valence-corrected chi connectivity index (χ1v) is 10.8. The number of likely N-dealkylation sites (tertiary alicyclic amines) is 1. The Bertz CT molecular complexity index is 1070. The van der Waals surface area contributed by atoms with E-state index in [2.05, 4.69) is 0 Å². The number of hydrogen-bond acceptors (Lipinski definition) is 4. The fourth-order valence-corrected chi connectivity index (χ4v) is 3.96. The van der Waals surface area contributed by atoms with Crippen molar-refractivity contribution in [1.29, 1.82) is 0 Å². The third kappa shape index (κ3) is 4.27. The lowest BCUT2D eigenvalue weighted by Crippen LogP contribution is -2.31. The van der Waals surface area contributed by atoms with E-state index in [1.807, 2.05) is 33.8 Å². The Morgan fingerprint density at radius 1 is 1.16 bits per heavy atom. The van der Waals surface area contributed by atoms with Crippen molar-refractivity contribution in [2.45, 2.75) is 52.0 Å².